The van der Waals surface area contributed by atoms with Crippen molar-refractivity contribution in [2.45, 2.75) is 37.3 Å². The van der Waals surface area contributed by atoms with Crippen LogP contribution < -0.4 is 5.73 Å². The van der Waals surface area contributed by atoms with Gasteiger partial charge < -0.3 is 15.6 Å². The van der Waals surface area contributed by atoms with Crippen molar-refractivity contribution < 1.29 is 14.6 Å². The Balaban J connectivity index is 0.00000144. The van der Waals surface area contributed by atoms with Gasteiger partial charge in [-0.3, -0.25) is 0 Å². The molecule has 78 valence electrons. The topological polar surface area (TPSA) is 72.5 Å². The SMILES string of the molecule is COC(=O)C1(O)CCC(N)CC1.Cl. The van der Waals surface area contributed by atoms with Crippen molar-refractivity contribution in [2.75, 3.05) is 7.11 Å². The number of methoxy groups -OCH3 is 1. The number of rotatable bonds is 1. The van der Waals surface area contributed by atoms with Crippen LogP contribution >= 0.6 is 12.4 Å². The van der Waals surface area contributed by atoms with E-state index >= 15 is 0 Å². The number of esters is 1. The van der Waals surface area contributed by atoms with E-state index in [-0.39, 0.29) is 18.4 Å². The summed E-state index contributed by atoms with van der Waals surface area (Å²) in [7, 11) is 1.29. The molecular formula is C8H16ClNO3. The number of ether oxygens (including phenoxy) is 1. The maximum absolute atomic E-state index is 11.1. The fourth-order valence-corrected chi connectivity index (χ4v) is 1.51. The number of hydrogen-bond acceptors (Lipinski definition) is 4. The molecule has 1 saturated carbocycles. The van der Waals surface area contributed by atoms with E-state index in [1.165, 1.54) is 7.11 Å². The van der Waals surface area contributed by atoms with Crippen LogP contribution in [-0.4, -0.2) is 29.8 Å². The number of nitrogens with two attached hydrogens (primary N) is 1. The van der Waals surface area contributed by atoms with E-state index in [1.54, 1.807) is 0 Å². The van der Waals surface area contributed by atoms with Crippen molar-refractivity contribution in [2.24, 2.45) is 5.73 Å². The summed E-state index contributed by atoms with van der Waals surface area (Å²) in [6.07, 6.45) is 2.21. The van der Waals surface area contributed by atoms with Crippen LogP contribution in [0.3, 0.4) is 0 Å². The fourth-order valence-electron chi connectivity index (χ4n) is 1.51. The zero-order valence-corrected chi connectivity index (χ0v) is 8.47. The van der Waals surface area contributed by atoms with Gasteiger partial charge in [0.2, 0.25) is 0 Å². The number of aliphatic hydroxyl groups is 1. The molecule has 0 aromatic rings. The Kier molecular flexibility index (Phi) is 4.67. The third kappa shape index (κ3) is 2.83. The van der Waals surface area contributed by atoms with Gasteiger partial charge in [0.1, 0.15) is 0 Å². The van der Waals surface area contributed by atoms with E-state index in [1.807, 2.05) is 0 Å². The largest absolute Gasteiger partial charge is 0.467 e. The van der Waals surface area contributed by atoms with Gasteiger partial charge in [0.05, 0.1) is 7.11 Å². The second-order valence-corrected chi connectivity index (χ2v) is 3.36. The third-order valence-corrected chi connectivity index (χ3v) is 2.42. The number of hydrogen-bond donors (Lipinski definition) is 2. The summed E-state index contributed by atoms with van der Waals surface area (Å²) in [6.45, 7) is 0. The van der Waals surface area contributed by atoms with E-state index in [9.17, 15) is 9.90 Å². The molecule has 1 aliphatic carbocycles. The average molecular weight is 210 g/mol. The summed E-state index contributed by atoms with van der Waals surface area (Å²) in [6, 6.07) is 0.120. The Morgan fingerprint density at radius 2 is 2.00 bits per heavy atom. The van der Waals surface area contributed by atoms with Crippen LogP contribution in [0.1, 0.15) is 25.7 Å². The predicted molar refractivity (Wildman–Crippen MR) is 50.7 cm³/mol. The highest BCUT2D eigenvalue weighted by molar-refractivity contribution is 5.85. The van der Waals surface area contributed by atoms with Gasteiger partial charge in [-0.15, -0.1) is 12.4 Å². The summed E-state index contributed by atoms with van der Waals surface area (Å²) in [5.41, 5.74) is 4.36. The summed E-state index contributed by atoms with van der Waals surface area (Å²) in [5, 5.41) is 9.73. The fraction of sp³-hybridized carbons (Fsp3) is 0.875. The monoisotopic (exact) mass is 209 g/mol. The highest BCUT2D eigenvalue weighted by atomic mass is 35.5. The first-order valence-corrected chi connectivity index (χ1v) is 4.15. The molecule has 0 aromatic heterocycles. The molecule has 0 atom stereocenters. The standard InChI is InChI=1S/C8H15NO3.ClH/c1-12-7(10)8(11)4-2-6(9)3-5-8;/h6,11H,2-5,9H2,1H3;1H. The molecule has 1 fully saturated rings. The van der Waals surface area contributed by atoms with Crippen molar-refractivity contribution in [3.8, 4) is 0 Å². The third-order valence-electron chi connectivity index (χ3n) is 2.42. The quantitative estimate of drug-likeness (QED) is 0.606. The second kappa shape index (κ2) is 4.79. The van der Waals surface area contributed by atoms with E-state index < -0.39 is 11.6 Å². The molecule has 0 unspecified atom stereocenters. The minimum absolute atomic E-state index is 0. The van der Waals surface area contributed by atoms with E-state index in [2.05, 4.69) is 4.74 Å². The molecule has 3 N–H and O–H groups in total. The van der Waals surface area contributed by atoms with Gasteiger partial charge >= 0.3 is 5.97 Å². The number of halogens is 1. The van der Waals surface area contributed by atoms with Crippen molar-refractivity contribution in [3.05, 3.63) is 0 Å². The van der Waals surface area contributed by atoms with Gasteiger partial charge in [0, 0.05) is 6.04 Å². The molecule has 0 bridgehead atoms. The first kappa shape index (κ1) is 12.7. The molecule has 5 heteroatoms. The Labute approximate surface area is 83.9 Å². The van der Waals surface area contributed by atoms with Crippen molar-refractivity contribution in [1.82, 2.24) is 0 Å². The molecule has 0 saturated heterocycles. The second-order valence-electron chi connectivity index (χ2n) is 3.36. The number of carbonyl (C=O) groups excluding carboxylic acids is 1. The van der Waals surface area contributed by atoms with Crippen LogP contribution in [0.5, 0.6) is 0 Å². The van der Waals surface area contributed by atoms with Crippen molar-refractivity contribution in [3.63, 3.8) is 0 Å². The summed E-state index contributed by atoms with van der Waals surface area (Å²) >= 11 is 0. The molecule has 13 heavy (non-hydrogen) atoms. The molecule has 1 rings (SSSR count). The lowest BCUT2D eigenvalue weighted by molar-refractivity contribution is -0.165. The Morgan fingerprint density at radius 1 is 1.54 bits per heavy atom. The molecule has 0 radical (unpaired) electrons. The lowest BCUT2D eigenvalue weighted by Crippen LogP contribution is -2.45. The van der Waals surface area contributed by atoms with E-state index in [4.69, 9.17) is 5.73 Å². The molecule has 4 nitrogen and oxygen atoms in total. The molecule has 0 spiro atoms. The summed E-state index contributed by atoms with van der Waals surface area (Å²) < 4.78 is 4.50. The highest BCUT2D eigenvalue weighted by Gasteiger charge is 2.39. The maximum Gasteiger partial charge on any atom is 0.337 e. The van der Waals surface area contributed by atoms with Gasteiger partial charge in [0.15, 0.2) is 5.60 Å². The first-order valence-electron chi connectivity index (χ1n) is 4.15. The summed E-state index contributed by atoms with van der Waals surface area (Å²) in [5.74, 6) is -0.533. The average Bonchev–Trinajstić information content (AvgIpc) is 2.09. The van der Waals surface area contributed by atoms with E-state index in [0.29, 0.717) is 25.7 Å². The summed E-state index contributed by atoms with van der Waals surface area (Å²) in [4.78, 5) is 11.1. The molecule has 1 aliphatic rings. The van der Waals surface area contributed by atoms with Gasteiger partial charge in [0.25, 0.3) is 0 Å². The van der Waals surface area contributed by atoms with Gasteiger partial charge in [-0.05, 0) is 25.7 Å². The molecule has 0 aliphatic heterocycles. The molecular weight excluding hydrogens is 194 g/mol. The van der Waals surface area contributed by atoms with Crippen molar-refractivity contribution in [1.29, 1.82) is 0 Å². The smallest absolute Gasteiger partial charge is 0.337 e. The Bertz CT molecular complexity index is 178. The lowest BCUT2D eigenvalue weighted by Gasteiger charge is -2.31. The van der Waals surface area contributed by atoms with Gasteiger partial charge in [-0.1, -0.05) is 0 Å². The van der Waals surface area contributed by atoms with Crippen LogP contribution in [-0.2, 0) is 9.53 Å². The van der Waals surface area contributed by atoms with Crippen LogP contribution in [0.2, 0.25) is 0 Å². The van der Waals surface area contributed by atoms with Gasteiger partial charge in [-0.2, -0.15) is 0 Å². The zero-order valence-electron chi connectivity index (χ0n) is 7.66. The predicted octanol–water partition coefficient (Wildman–Crippen LogP) is 0.214. The molecule has 0 aromatic carbocycles. The highest BCUT2D eigenvalue weighted by Crippen LogP contribution is 2.28. The maximum atomic E-state index is 11.1. The number of carbonyl (C=O) groups is 1. The van der Waals surface area contributed by atoms with Crippen LogP contribution in [0.15, 0.2) is 0 Å². The minimum Gasteiger partial charge on any atom is -0.467 e. The lowest BCUT2D eigenvalue weighted by atomic mass is 9.82. The minimum atomic E-state index is -1.27. The first-order chi connectivity index (χ1) is 5.58. The van der Waals surface area contributed by atoms with Crippen LogP contribution in [0, 0.1) is 0 Å². The molecule has 0 amide bonds. The Morgan fingerprint density at radius 3 is 2.38 bits per heavy atom. The molecule has 0 heterocycles. The normalized spacial score (nSPS) is 33.3. The van der Waals surface area contributed by atoms with Gasteiger partial charge in [-0.25, -0.2) is 4.79 Å². The van der Waals surface area contributed by atoms with Crippen LogP contribution in [0.25, 0.3) is 0 Å². The zero-order chi connectivity index (χ0) is 9.19. The Hall–Kier alpha value is -0.320. The van der Waals surface area contributed by atoms with Crippen molar-refractivity contribution >= 4 is 18.4 Å². The van der Waals surface area contributed by atoms with Crippen LogP contribution in [0.4, 0.5) is 0 Å². The van der Waals surface area contributed by atoms with E-state index in [0.717, 1.165) is 0 Å².